The Morgan fingerprint density at radius 1 is 1.54 bits per heavy atom. The number of nitrogens with zero attached hydrogens (tertiary/aromatic N) is 1. The highest BCUT2D eigenvalue weighted by molar-refractivity contribution is 9.10. The zero-order valence-electron chi connectivity index (χ0n) is 6.41. The average Bonchev–Trinajstić information content (AvgIpc) is 2.07. The second kappa shape index (κ2) is 4.13. The molecule has 0 atom stereocenters. The van der Waals surface area contributed by atoms with Crippen LogP contribution in [0.15, 0.2) is 28.9 Å². The molecule has 1 aromatic rings. The van der Waals surface area contributed by atoms with E-state index >= 15 is 0 Å². The van der Waals surface area contributed by atoms with Gasteiger partial charge in [0.15, 0.2) is 0 Å². The van der Waals surface area contributed by atoms with Crippen LogP contribution in [-0.4, -0.2) is 4.92 Å². The first-order valence-corrected chi connectivity index (χ1v) is 4.15. The van der Waals surface area contributed by atoms with Crippen LogP contribution in [-0.2, 0) is 0 Å². The first kappa shape index (κ1) is 9.85. The van der Waals surface area contributed by atoms with Gasteiger partial charge >= 0.3 is 0 Å². The molecule has 1 aromatic carbocycles. The van der Waals surface area contributed by atoms with E-state index < -0.39 is 10.7 Å². The number of rotatable bonds is 2. The smallest absolute Gasteiger partial charge is 0.235 e. The molecule has 0 radical (unpaired) electrons. The summed E-state index contributed by atoms with van der Waals surface area (Å²) in [4.78, 5) is 9.39. The molecule has 0 spiro atoms. The lowest BCUT2D eigenvalue weighted by Crippen LogP contribution is -1.83. The Labute approximate surface area is 82.2 Å². The lowest BCUT2D eigenvalue weighted by atomic mass is 10.2. The van der Waals surface area contributed by atoms with Crippen molar-refractivity contribution in [3.63, 3.8) is 0 Å². The van der Waals surface area contributed by atoms with Crippen molar-refractivity contribution in [1.29, 1.82) is 0 Å². The molecule has 13 heavy (non-hydrogen) atoms. The molecule has 0 N–H and O–H groups in total. The first-order chi connectivity index (χ1) is 6.09. The van der Waals surface area contributed by atoms with Gasteiger partial charge in [-0.3, -0.25) is 10.1 Å². The highest BCUT2D eigenvalue weighted by Gasteiger charge is 1.98. The third-order valence-corrected chi connectivity index (χ3v) is 1.94. The van der Waals surface area contributed by atoms with Crippen molar-refractivity contribution >= 4 is 22.0 Å². The van der Waals surface area contributed by atoms with Crippen LogP contribution in [0.3, 0.4) is 0 Å². The van der Waals surface area contributed by atoms with Crippen molar-refractivity contribution in [2.45, 2.75) is 0 Å². The molecule has 3 nitrogen and oxygen atoms in total. The van der Waals surface area contributed by atoms with Gasteiger partial charge in [0, 0.05) is 6.08 Å². The fraction of sp³-hybridized carbons (Fsp3) is 0. The van der Waals surface area contributed by atoms with Crippen LogP contribution in [0.25, 0.3) is 6.08 Å². The Bertz CT molecular complexity index is 365. The van der Waals surface area contributed by atoms with Crippen molar-refractivity contribution < 1.29 is 9.31 Å². The van der Waals surface area contributed by atoms with E-state index in [1.165, 1.54) is 24.3 Å². The molecule has 0 aliphatic heterocycles. The highest BCUT2D eigenvalue weighted by Crippen LogP contribution is 2.17. The van der Waals surface area contributed by atoms with E-state index in [-0.39, 0.29) is 4.47 Å². The molecule has 68 valence electrons. The second-order valence-electron chi connectivity index (χ2n) is 2.27. The van der Waals surface area contributed by atoms with E-state index in [0.717, 1.165) is 6.20 Å². The third-order valence-electron chi connectivity index (χ3n) is 1.33. The van der Waals surface area contributed by atoms with Crippen molar-refractivity contribution in [2.24, 2.45) is 0 Å². The summed E-state index contributed by atoms with van der Waals surface area (Å²) in [7, 11) is 0. The predicted molar refractivity (Wildman–Crippen MR) is 50.1 cm³/mol. The van der Waals surface area contributed by atoms with Crippen molar-refractivity contribution in [3.05, 3.63) is 50.4 Å². The summed E-state index contributed by atoms with van der Waals surface area (Å²) >= 11 is 2.97. The summed E-state index contributed by atoms with van der Waals surface area (Å²) in [6.07, 6.45) is 2.10. The van der Waals surface area contributed by atoms with Gasteiger partial charge in [0.05, 0.1) is 9.40 Å². The summed E-state index contributed by atoms with van der Waals surface area (Å²) in [5, 5.41) is 9.96. The van der Waals surface area contributed by atoms with Crippen LogP contribution < -0.4 is 0 Å². The van der Waals surface area contributed by atoms with Gasteiger partial charge in [-0.05, 0) is 33.6 Å². The quantitative estimate of drug-likeness (QED) is 0.594. The zero-order valence-corrected chi connectivity index (χ0v) is 7.99. The number of halogens is 2. The number of hydrogen-bond acceptors (Lipinski definition) is 2. The third kappa shape index (κ3) is 2.95. The SMILES string of the molecule is O=[N+]([O-])/C=C/c1ccc(F)c(Br)c1. The van der Waals surface area contributed by atoms with E-state index in [2.05, 4.69) is 15.9 Å². The minimum Gasteiger partial charge on any atom is -0.259 e. The van der Waals surface area contributed by atoms with Crippen LogP contribution in [0.1, 0.15) is 5.56 Å². The molecule has 0 amide bonds. The largest absolute Gasteiger partial charge is 0.259 e. The standard InChI is InChI=1S/C8H5BrFNO2/c9-7-5-6(1-2-8(7)10)3-4-11(12)13/h1-5H/b4-3+. The topological polar surface area (TPSA) is 43.1 Å². The van der Waals surface area contributed by atoms with E-state index in [0.29, 0.717) is 5.56 Å². The minimum atomic E-state index is -0.572. The molecule has 0 bridgehead atoms. The molecule has 0 aromatic heterocycles. The maximum atomic E-state index is 12.7. The average molecular weight is 246 g/mol. The molecule has 1 rings (SSSR count). The van der Waals surface area contributed by atoms with Gasteiger partial charge in [-0.15, -0.1) is 0 Å². The van der Waals surface area contributed by atoms with E-state index in [1.807, 2.05) is 0 Å². The van der Waals surface area contributed by atoms with Gasteiger partial charge in [0.1, 0.15) is 5.82 Å². The molecule has 0 fully saturated rings. The Morgan fingerprint density at radius 3 is 2.77 bits per heavy atom. The van der Waals surface area contributed by atoms with Crippen LogP contribution in [0.4, 0.5) is 4.39 Å². The monoisotopic (exact) mass is 245 g/mol. The van der Waals surface area contributed by atoms with E-state index in [9.17, 15) is 14.5 Å². The molecule has 0 aliphatic rings. The Hall–Kier alpha value is -1.23. The summed E-state index contributed by atoms with van der Waals surface area (Å²) in [6, 6.07) is 4.17. The maximum Gasteiger partial charge on any atom is 0.235 e. The van der Waals surface area contributed by atoms with Crippen LogP contribution in [0.2, 0.25) is 0 Å². The van der Waals surface area contributed by atoms with Gasteiger partial charge in [0.2, 0.25) is 6.20 Å². The number of benzene rings is 1. The van der Waals surface area contributed by atoms with Crippen LogP contribution >= 0.6 is 15.9 Å². The summed E-state index contributed by atoms with van der Waals surface area (Å²) in [5.41, 5.74) is 0.574. The fourth-order valence-corrected chi connectivity index (χ4v) is 1.16. The van der Waals surface area contributed by atoms with E-state index in [4.69, 9.17) is 0 Å². The molecule has 0 heterocycles. The fourth-order valence-electron chi connectivity index (χ4n) is 0.763. The highest BCUT2D eigenvalue weighted by atomic mass is 79.9. The molecule has 0 unspecified atom stereocenters. The normalized spacial score (nSPS) is 10.6. The van der Waals surface area contributed by atoms with Crippen molar-refractivity contribution in [1.82, 2.24) is 0 Å². The molecular weight excluding hydrogens is 241 g/mol. The number of hydrogen-bond donors (Lipinski definition) is 0. The van der Waals surface area contributed by atoms with Gasteiger partial charge in [-0.1, -0.05) is 6.07 Å². The Kier molecular flexibility index (Phi) is 3.13. The number of nitro groups is 1. The molecule has 5 heteroatoms. The Balaban J connectivity index is 2.92. The van der Waals surface area contributed by atoms with Gasteiger partial charge in [-0.2, -0.15) is 0 Å². The molecular formula is C8H5BrFNO2. The summed E-state index contributed by atoms with van der Waals surface area (Å²) < 4.78 is 13.0. The first-order valence-electron chi connectivity index (χ1n) is 3.36. The lowest BCUT2D eigenvalue weighted by molar-refractivity contribution is -0.400. The predicted octanol–water partition coefficient (Wildman–Crippen LogP) is 2.84. The molecule has 0 saturated heterocycles. The molecule has 0 aliphatic carbocycles. The zero-order chi connectivity index (χ0) is 9.84. The van der Waals surface area contributed by atoms with Crippen molar-refractivity contribution in [2.75, 3.05) is 0 Å². The Morgan fingerprint density at radius 2 is 2.23 bits per heavy atom. The second-order valence-corrected chi connectivity index (χ2v) is 3.13. The van der Waals surface area contributed by atoms with Gasteiger partial charge in [0.25, 0.3) is 0 Å². The lowest BCUT2D eigenvalue weighted by Gasteiger charge is -1.94. The summed E-state index contributed by atoms with van der Waals surface area (Å²) in [5.74, 6) is -0.391. The maximum absolute atomic E-state index is 12.7. The van der Waals surface area contributed by atoms with Gasteiger partial charge < -0.3 is 0 Å². The minimum absolute atomic E-state index is 0.290. The van der Waals surface area contributed by atoms with Gasteiger partial charge in [-0.25, -0.2) is 4.39 Å². The van der Waals surface area contributed by atoms with Crippen molar-refractivity contribution in [3.8, 4) is 0 Å². The molecule has 0 saturated carbocycles. The summed E-state index contributed by atoms with van der Waals surface area (Å²) in [6.45, 7) is 0. The van der Waals surface area contributed by atoms with Crippen LogP contribution in [0.5, 0.6) is 0 Å². The van der Waals surface area contributed by atoms with Crippen LogP contribution in [0, 0.1) is 15.9 Å². The van der Waals surface area contributed by atoms with E-state index in [1.54, 1.807) is 0 Å².